The fraction of sp³-hybridized carbons (Fsp3) is 0.211. The third-order valence-electron chi connectivity index (χ3n) is 4.18. The van der Waals surface area contributed by atoms with Crippen LogP contribution in [0.2, 0.25) is 0 Å². The standard InChI is InChI=1S/C19H18ClNO5S/c1-13(20)12-26-19(22)16-11-15(7-8-18(16)25-2)27(23,24)21-10-9-14-5-3-4-6-17(14)21/h3-8,11H,1,9-10,12H2,2H3. The molecule has 2 aromatic carbocycles. The van der Waals surface area contributed by atoms with Crippen molar-refractivity contribution in [2.24, 2.45) is 0 Å². The lowest BCUT2D eigenvalue weighted by atomic mass is 10.2. The molecule has 0 spiro atoms. The first-order chi connectivity index (χ1) is 12.8. The minimum Gasteiger partial charge on any atom is -0.496 e. The summed E-state index contributed by atoms with van der Waals surface area (Å²) in [7, 11) is -2.45. The van der Waals surface area contributed by atoms with Crippen molar-refractivity contribution in [3.63, 3.8) is 0 Å². The van der Waals surface area contributed by atoms with Crippen LogP contribution in [-0.4, -0.2) is 34.6 Å². The summed E-state index contributed by atoms with van der Waals surface area (Å²) in [4.78, 5) is 12.3. The molecule has 0 aromatic heterocycles. The SMILES string of the molecule is C=C(Cl)COC(=O)c1cc(S(=O)(=O)N2CCc3ccccc32)ccc1OC. The number of anilines is 1. The van der Waals surface area contributed by atoms with Gasteiger partial charge in [0.15, 0.2) is 0 Å². The van der Waals surface area contributed by atoms with Crippen molar-refractivity contribution in [3.05, 3.63) is 65.2 Å². The summed E-state index contributed by atoms with van der Waals surface area (Å²) in [5.41, 5.74) is 1.62. The Hall–Kier alpha value is -2.51. The number of sulfonamides is 1. The molecule has 0 radical (unpaired) electrons. The summed E-state index contributed by atoms with van der Waals surface area (Å²) in [5, 5.41) is 0.153. The molecule has 3 rings (SSSR count). The van der Waals surface area contributed by atoms with Crippen LogP contribution >= 0.6 is 11.6 Å². The van der Waals surface area contributed by atoms with E-state index in [0.717, 1.165) is 5.56 Å². The number of halogens is 1. The highest BCUT2D eigenvalue weighted by molar-refractivity contribution is 7.92. The Morgan fingerprint density at radius 1 is 1.26 bits per heavy atom. The van der Waals surface area contributed by atoms with Crippen molar-refractivity contribution in [1.29, 1.82) is 0 Å². The van der Waals surface area contributed by atoms with Crippen LogP contribution in [-0.2, 0) is 21.2 Å². The smallest absolute Gasteiger partial charge is 0.342 e. The summed E-state index contributed by atoms with van der Waals surface area (Å²) in [6.45, 7) is 3.61. The molecule has 0 saturated carbocycles. The Bertz CT molecular complexity index is 1000. The number of ether oxygens (including phenoxy) is 2. The van der Waals surface area contributed by atoms with Crippen molar-refractivity contribution in [1.82, 2.24) is 0 Å². The number of esters is 1. The number of methoxy groups -OCH3 is 1. The van der Waals surface area contributed by atoms with E-state index in [1.807, 2.05) is 12.1 Å². The normalized spacial score (nSPS) is 13.2. The van der Waals surface area contributed by atoms with Gasteiger partial charge >= 0.3 is 5.97 Å². The van der Waals surface area contributed by atoms with Gasteiger partial charge in [-0.05, 0) is 36.2 Å². The summed E-state index contributed by atoms with van der Waals surface area (Å²) in [6.07, 6.45) is 0.637. The van der Waals surface area contributed by atoms with E-state index < -0.39 is 16.0 Å². The average molecular weight is 408 g/mol. The first-order valence-electron chi connectivity index (χ1n) is 8.13. The van der Waals surface area contributed by atoms with Crippen LogP contribution in [0.25, 0.3) is 0 Å². The van der Waals surface area contributed by atoms with Crippen molar-refractivity contribution >= 4 is 33.3 Å². The van der Waals surface area contributed by atoms with Gasteiger partial charge in [-0.25, -0.2) is 13.2 Å². The Balaban J connectivity index is 1.98. The summed E-state index contributed by atoms with van der Waals surface area (Å²) in [6, 6.07) is 11.4. The van der Waals surface area contributed by atoms with Gasteiger partial charge in [-0.1, -0.05) is 36.4 Å². The highest BCUT2D eigenvalue weighted by atomic mass is 35.5. The van der Waals surface area contributed by atoms with Gasteiger partial charge < -0.3 is 9.47 Å². The Labute approximate surface area is 163 Å². The Morgan fingerprint density at radius 3 is 2.70 bits per heavy atom. The monoisotopic (exact) mass is 407 g/mol. The Kier molecular flexibility index (Phi) is 5.43. The average Bonchev–Trinajstić information content (AvgIpc) is 3.10. The lowest BCUT2D eigenvalue weighted by Crippen LogP contribution is -2.29. The molecule has 1 aliphatic heterocycles. The van der Waals surface area contributed by atoms with E-state index in [4.69, 9.17) is 21.1 Å². The van der Waals surface area contributed by atoms with E-state index in [-0.39, 0.29) is 27.8 Å². The van der Waals surface area contributed by atoms with Crippen LogP contribution in [0.15, 0.2) is 59.0 Å². The second-order valence-electron chi connectivity index (χ2n) is 5.91. The maximum Gasteiger partial charge on any atom is 0.342 e. The number of rotatable bonds is 6. The zero-order valence-electron chi connectivity index (χ0n) is 14.6. The van der Waals surface area contributed by atoms with E-state index in [1.165, 1.54) is 29.6 Å². The maximum absolute atomic E-state index is 13.1. The van der Waals surface area contributed by atoms with Gasteiger partial charge in [0.05, 0.1) is 17.7 Å². The van der Waals surface area contributed by atoms with E-state index in [1.54, 1.807) is 12.1 Å². The molecule has 27 heavy (non-hydrogen) atoms. The molecule has 0 amide bonds. The van der Waals surface area contributed by atoms with E-state index in [0.29, 0.717) is 18.7 Å². The largest absolute Gasteiger partial charge is 0.496 e. The van der Waals surface area contributed by atoms with Gasteiger partial charge in [0, 0.05) is 11.6 Å². The summed E-state index contributed by atoms with van der Waals surface area (Å²) >= 11 is 5.62. The summed E-state index contributed by atoms with van der Waals surface area (Å²) in [5.74, 6) is -0.534. The van der Waals surface area contributed by atoms with Crippen LogP contribution in [0.5, 0.6) is 5.75 Å². The van der Waals surface area contributed by atoms with Gasteiger partial charge in [-0.15, -0.1) is 0 Å². The first kappa shape index (κ1) is 19.3. The number of benzene rings is 2. The van der Waals surface area contributed by atoms with E-state index in [9.17, 15) is 13.2 Å². The number of nitrogens with zero attached hydrogens (tertiary/aromatic N) is 1. The van der Waals surface area contributed by atoms with Crippen LogP contribution in [0, 0.1) is 0 Å². The van der Waals surface area contributed by atoms with Crippen molar-refractivity contribution in [2.75, 3.05) is 24.6 Å². The molecule has 0 unspecified atom stereocenters. The number of para-hydroxylation sites is 1. The van der Waals surface area contributed by atoms with Gasteiger partial charge in [-0.2, -0.15) is 0 Å². The first-order valence-corrected chi connectivity index (χ1v) is 9.95. The second kappa shape index (κ2) is 7.62. The molecule has 8 heteroatoms. The molecule has 0 bridgehead atoms. The highest BCUT2D eigenvalue weighted by Crippen LogP contribution is 2.34. The third kappa shape index (κ3) is 3.79. The molecule has 0 aliphatic carbocycles. The van der Waals surface area contributed by atoms with Crippen LogP contribution in [0.1, 0.15) is 15.9 Å². The molecule has 0 N–H and O–H groups in total. The van der Waals surface area contributed by atoms with Crippen molar-refractivity contribution < 1.29 is 22.7 Å². The maximum atomic E-state index is 13.1. The fourth-order valence-corrected chi connectivity index (χ4v) is 4.50. The molecule has 0 saturated heterocycles. The third-order valence-corrected chi connectivity index (χ3v) is 6.10. The zero-order chi connectivity index (χ0) is 19.6. The number of fused-ring (bicyclic) bond motifs is 1. The number of carbonyl (C=O) groups excluding carboxylic acids is 1. The van der Waals surface area contributed by atoms with Crippen LogP contribution in [0.4, 0.5) is 5.69 Å². The number of hydrogen-bond acceptors (Lipinski definition) is 5. The predicted molar refractivity (Wildman–Crippen MR) is 103 cm³/mol. The second-order valence-corrected chi connectivity index (χ2v) is 8.31. The van der Waals surface area contributed by atoms with E-state index >= 15 is 0 Å². The molecule has 2 aromatic rings. The van der Waals surface area contributed by atoms with Gasteiger partial charge in [0.2, 0.25) is 0 Å². The molecule has 0 atom stereocenters. The van der Waals surface area contributed by atoms with Crippen LogP contribution < -0.4 is 9.04 Å². The highest BCUT2D eigenvalue weighted by Gasteiger charge is 2.31. The number of carbonyl (C=O) groups is 1. The lowest BCUT2D eigenvalue weighted by Gasteiger charge is -2.20. The molecule has 1 aliphatic rings. The zero-order valence-corrected chi connectivity index (χ0v) is 16.2. The molecular formula is C19H18ClNO5S. The topological polar surface area (TPSA) is 72.9 Å². The molecule has 0 fully saturated rings. The Morgan fingerprint density at radius 2 is 2.00 bits per heavy atom. The van der Waals surface area contributed by atoms with E-state index in [2.05, 4.69) is 6.58 Å². The summed E-state index contributed by atoms with van der Waals surface area (Å²) < 4.78 is 37.8. The minimum absolute atomic E-state index is 0.00368. The van der Waals surface area contributed by atoms with Gasteiger partial charge in [0.1, 0.15) is 17.9 Å². The van der Waals surface area contributed by atoms with Gasteiger partial charge in [0.25, 0.3) is 10.0 Å². The lowest BCUT2D eigenvalue weighted by molar-refractivity contribution is 0.0542. The van der Waals surface area contributed by atoms with Gasteiger partial charge in [-0.3, -0.25) is 4.31 Å². The predicted octanol–water partition coefficient (Wildman–Crippen LogP) is 3.36. The molecule has 142 valence electrons. The fourth-order valence-electron chi connectivity index (χ4n) is 2.91. The molecule has 6 nitrogen and oxygen atoms in total. The van der Waals surface area contributed by atoms with Crippen molar-refractivity contribution in [3.8, 4) is 5.75 Å². The van der Waals surface area contributed by atoms with Crippen molar-refractivity contribution in [2.45, 2.75) is 11.3 Å². The molecule has 1 heterocycles. The minimum atomic E-state index is -3.84. The number of hydrogen-bond donors (Lipinski definition) is 0. The van der Waals surface area contributed by atoms with Crippen LogP contribution in [0.3, 0.4) is 0 Å². The molecular weight excluding hydrogens is 390 g/mol. The quantitative estimate of drug-likeness (QED) is 0.686.